The first-order valence-corrected chi connectivity index (χ1v) is 9.68. The van der Waals surface area contributed by atoms with Gasteiger partial charge in [0.1, 0.15) is 5.25 Å². The Morgan fingerprint density at radius 1 is 1.27 bits per heavy atom. The number of nitrogens with zero attached hydrogens (tertiary/aromatic N) is 2. The summed E-state index contributed by atoms with van der Waals surface area (Å²) in [5.41, 5.74) is 0.912. The molecular weight excluding hydrogens is 336 g/mol. The topological polar surface area (TPSA) is 52.1 Å². The minimum Gasteiger partial charge on any atom is -0.468 e. The fourth-order valence-electron chi connectivity index (χ4n) is 1.69. The summed E-state index contributed by atoms with van der Waals surface area (Å²) in [4.78, 5) is 12.0. The number of thioether (sulfide) groups is 2. The predicted molar refractivity (Wildman–Crippen MR) is 92.6 cm³/mol. The zero-order valence-corrected chi connectivity index (χ0v) is 15.0. The average Bonchev–Trinajstić information content (AvgIpc) is 3.00. The second-order valence-corrected chi connectivity index (χ2v) is 8.14. The summed E-state index contributed by atoms with van der Waals surface area (Å²) in [6.07, 6.45) is 2.34. The van der Waals surface area contributed by atoms with Gasteiger partial charge in [-0.25, -0.2) is 0 Å². The Morgan fingerprint density at radius 3 is 2.68 bits per heavy atom. The van der Waals surface area contributed by atoms with Crippen LogP contribution >= 0.6 is 34.9 Å². The first-order chi connectivity index (χ1) is 10.7. The molecule has 0 aliphatic heterocycles. The molecule has 2 aromatic rings. The van der Waals surface area contributed by atoms with E-state index in [4.69, 9.17) is 4.74 Å². The van der Waals surface area contributed by atoms with Gasteiger partial charge >= 0.3 is 5.97 Å². The number of esters is 1. The predicted octanol–water partition coefficient (Wildman–Crippen LogP) is 4.44. The monoisotopic (exact) mass is 354 g/mol. The first-order valence-electron chi connectivity index (χ1n) is 7.00. The maximum Gasteiger partial charge on any atom is 0.323 e. The van der Waals surface area contributed by atoms with E-state index >= 15 is 0 Å². The van der Waals surface area contributed by atoms with Crippen LogP contribution in [0.15, 0.2) is 39.0 Å². The molecular formula is C15H18N2O2S3. The van der Waals surface area contributed by atoms with Crippen LogP contribution in [-0.2, 0) is 9.53 Å². The lowest BCUT2D eigenvalue weighted by Gasteiger charge is -2.12. The van der Waals surface area contributed by atoms with E-state index in [0.717, 1.165) is 20.0 Å². The van der Waals surface area contributed by atoms with Gasteiger partial charge in [0.2, 0.25) is 0 Å². The van der Waals surface area contributed by atoms with E-state index in [2.05, 4.69) is 17.1 Å². The summed E-state index contributed by atoms with van der Waals surface area (Å²) in [6, 6.07) is 9.60. The highest BCUT2D eigenvalue weighted by Gasteiger charge is 2.24. The lowest BCUT2D eigenvalue weighted by Crippen LogP contribution is -2.10. The molecule has 0 aliphatic rings. The van der Waals surface area contributed by atoms with Crippen LogP contribution in [0.2, 0.25) is 0 Å². The molecule has 0 saturated carbocycles. The lowest BCUT2D eigenvalue weighted by molar-refractivity contribution is -0.140. The van der Waals surface area contributed by atoms with Crippen LogP contribution in [0.1, 0.15) is 30.6 Å². The van der Waals surface area contributed by atoms with Gasteiger partial charge in [0.05, 0.1) is 7.11 Å². The first kappa shape index (κ1) is 17.3. The van der Waals surface area contributed by atoms with E-state index in [0.29, 0.717) is 0 Å². The van der Waals surface area contributed by atoms with Crippen molar-refractivity contribution in [2.45, 2.75) is 33.7 Å². The number of aromatic nitrogens is 2. The highest BCUT2D eigenvalue weighted by atomic mass is 32.2. The number of unbranched alkanes of at least 4 members (excludes halogenated alkanes) is 1. The zero-order chi connectivity index (χ0) is 15.8. The van der Waals surface area contributed by atoms with Gasteiger partial charge in [0.25, 0.3) is 0 Å². The van der Waals surface area contributed by atoms with Crippen LogP contribution in [0.4, 0.5) is 0 Å². The number of hydrogen-bond donors (Lipinski definition) is 0. The largest absolute Gasteiger partial charge is 0.468 e. The molecule has 0 N–H and O–H groups in total. The van der Waals surface area contributed by atoms with Crippen molar-refractivity contribution in [1.29, 1.82) is 0 Å². The van der Waals surface area contributed by atoms with Crippen molar-refractivity contribution in [3.05, 3.63) is 35.9 Å². The van der Waals surface area contributed by atoms with E-state index in [-0.39, 0.29) is 5.97 Å². The fraction of sp³-hybridized carbons (Fsp3) is 0.400. The molecule has 1 aromatic heterocycles. The molecule has 0 amide bonds. The molecule has 1 aromatic carbocycles. The number of ether oxygens (including phenoxy) is 1. The van der Waals surface area contributed by atoms with Gasteiger partial charge < -0.3 is 4.74 Å². The summed E-state index contributed by atoms with van der Waals surface area (Å²) in [6.45, 7) is 2.17. The molecule has 0 bridgehead atoms. The third-order valence-corrected chi connectivity index (χ3v) is 6.31. The molecule has 7 heteroatoms. The van der Waals surface area contributed by atoms with Crippen molar-refractivity contribution in [2.24, 2.45) is 0 Å². The molecule has 0 spiro atoms. The molecule has 2 rings (SSSR count). The second-order valence-electron chi connectivity index (χ2n) is 4.47. The van der Waals surface area contributed by atoms with E-state index in [1.54, 1.807) is 11.8 Å². The van der Waals surface area contributed by atoms with E-state index in [1.807, 2.05) is 30.3 Å². The number of carbonyl (C=O) groups is 1. The van der Waals surface area contributed by atoms with Crippen LogP contribution < -0.4 is 0 Å². The molecule has 4 nitrogen and oxygen atoms in total. The lowest BCUT2D eigenvalue weighted by atomic mass is 10.1. The Balaban J connectivity index is 2.06. The van der Waals surface area contributed by atoms with Gasteiger partial charge in [-0.05, 0) is 12.0 Å². The molecule has 1 heterocycles. The third-order valence-electron chi connectivity index (χ3n) is 2.85. The highest BCUT2D eigenvalue weighted by molar-refractivity contribution is 8.03. The van der Waals surface area contributed by atoms with Gasteiger partial charge in [0.15, 0.2) is 8.68 Å². The molecule has 22 heavy (non-hydrogen) atoms. The normalized spacial score (nSPS) is 12.1. The molecule has 1 atom stereocenters. The van der Waals surface area contributed by atoms with Crippen molar-refractivity contribution in [3.8, 4) is 0 Å². The van der Waals surface area contributed by atoms with Gasteiger partial charge in [-0.15, -0.1) is 10.2 Å². The minimum absolute atomic E-state index is 0.272. The SMILES string of the molecule is CCCCSc1nnc(SC(C(=O)OC)c2ccccc2)s1. The smallest absolute Gasteiger partial charge is 0.323 e. The van der Waals surface area contributed by atoms with Crippen LogP contribution in [0, 0.1) is 0 Å². The maximum atomic E-state index is 12.0. The van der Waals surface area contributed by atoms with Crippen LogP contribution in [0.25, 0.3) is 0 Å². The minimum atomic E-state index is -0.410. The molecule has 118 valence electrons. The third kappa shape index (κ3) is 5.00. The summed E-state index contributed by atoms with van der Waals surface area (Å²) in [5.74, 6) is 0.779. The van der Waals surface area contributed by atoms with Crippen molar-refractivity contribution in [3.63, 3.8) is 0 Å². The summed E-state index contributed by atoms with van der Waals surface area (Å²) >= 11 is 4.64. The van der Waals surface area contributed by atoms with Crippen molar-refractivity contribution in [2.75, 3.05) is 12.9 Å². The van der Waals surface area contributed by atoms with Crippen LogP contribution in [0.5, 0.6) is 0 Å². The quantitative estimate of drug-likeness (QED) is 0.397. The average molecular weight is 355 g/mol. The van der Waals surface area contributed by atoms with Crippen molar-refractivity contribution >= 4 is 40.8 Å². The van der Waals surface area contributed by atoms with Crippen molar-refractivity contribution < 1.29 is 9.53 Å². The maximum absolute atomic E-state index is 12.0. The Labute approximate surface area is 143 Å². The number of rotatable bonds is 8. The van der Waals surface area contributed by atoms with Gasteiger partial charge in [0, 0.05) is 5.75 Å². The summed E-state index contributed by atoms with van der Waals surface area (Å²) < 4.78 is 6.66. The highest BCUT2D eigenvalue weighted by Crippen LogP contribution is 2.39. The number of hydrogen-bond acceptors (Lipinski definition) is 7. The zero-order valence-electron chi connectivity index (χ0n) is 12.5. The molecule has 0 radical (unpaired) electrons. The van der Waals surface area contributed by atoms with Gasteiger partial charge in [-0.1, -0.05) is 78.5 Å². The molecule has 0 aliphatic carbocycles. The molecule has 0 saturated heterocycles. The standard InChI is InChI=1S/C15H18N2O2S3/c1-3-4-10-20-14-16-17-15(22-14)21-12(13(18)19-2)11-8-6-5-7-9-11/h5-9,12H,3-4,10H2,1-2H3. The summed E-state index contributed by atoms with van der Waals surface area (Å²) in [7, 11) is 1.41. The fourth-order valence-corrected chi connectivity index (χ4v) is 5.09. The number of methoxy groups -OCH3 is 1. The van der Waals surface area contributed by atoms with Crippen molar-refractivity contribution in [1.82, 2.24) is 10.2 Å². The van der Waals surface area contributed by atoms with Gasteiger partial charge in [-0.3, -0.25) is 4.79 Å². The Bertz CT molecular complexity index is 589. The van der Waals surface area contributed by atoms with Crippen LogP contribution in [0.3, 0.4) is 0 Å². The van der Waals surface area contributed by atoms with E-state index < -0.39 is 5.25 Å². The second kappa shape index (κ2) is 9.17. The van der Waals surface area contributed by atoms with E-state index in [9.17, 15) is 4.79 Å². The van der Waals surface area contributed by atoms with E-state index in [1.165, 1.54) is 43.1 Å². The Hall–Kier alpha value is -1.05. The molecule has 0 fully saturated rings. The van der Waals surface area contributed by atoms with Gasteiger partial charge in [-0.2, -0.15) is 0 Å². The number of carbonyl (C=O) groups excluding carboxylic acids is 1. The number of benzene rings is 1. The molecule has 1 unspecified atom stereocenters. The summed E-state index contributed by atoms with van der Waals surface area (Å²) in [5, 5.41) is 7.95. The van der Waals surface area contributed by atoms with Crippen LogP contribution in [-0.4, -0.2) is 29.0 Å². The Morgan fingerprint density at radius 2 is 2.00 bits per heavy atom. The Kier molecular flexibility index (Phi) is 7.21.